The van der Waals surface area contributed by atoms with Crippen molar-refractivity contribution in [3.05, 3.63) is 75.9 Å². The normalized spacial score (nSPS) is 13.3. The van der Waals surface area contributed by atoms with Crippen LogP contribution in [0.5, 0.6) is 5.75 Å². The Bertz CT molecular complexity index is 1250. The van der Waals surface area contributed by atoms with Gasteiger partial charge in [-0.2, -0.15) is 5.26 Å². The monoisotopic (exact) mass is 489 g/mol. The van der Waals surface area contributed by atoms with Crippen LogP contribution in [0.3, 0.4) is 0 Å². The number of aromatic nitrogens is 1. The topological polar surface area (TPSA) is 107 Å². The third-order valence-corrected chi connectivity index (χ3v) is 7.15. The molecule has 0 saturated heterocycles. The summed E-state index contributed by atoms with van der Waals surface area (Å²) in [5.41, 5.74) is 3.16. The summed E-state index contributed by atoms with van der Waals surface area (Å²) < 4.78 is 5.42. The highest BCUT2D eigenvalue weighted by Crippen LogP contribution is 2.37. The highest BCUT2D eigenvalue weighted by molar-refractivity contribution is 7.16. The van der Waals surface area contributed by atoms with E-state index in [1.165, 1.54) is 11.3 Å². The molecule has 0 aliphatic carbocycles. The molecule has 1 aliphatic rings. The number of nitriles is 1. The summed E-state index contributed by atoms with van der Waals surface area (Å²) in [6.45, 7) is 3.23. The van der Waals surface area contributed by atoms with Gasteiger partial charge in [0.05, 0.1) is 31.5 Å². The van der Waals surface area contributed by atoms with E-state index in [1.807, 2.05) is 49.4 Å². The highest BCUT2D eigenvalue weighted by atomic mass is 32.1. The van der Waals surface area contributed by atoms with Gasteiger partial charge in [0, 0.05) is 24.0 Å². The van der Waals surface area contributed by atoms with E-state index in [2.05, 4.69) is 21.7 Å². The van der Waals surface area contributed by atoms with Gasteiger partial charge in [-0.3, -0.25) is 9.78 Å². The molecule has 8 nitrogen and oxygen atoms in total. The quantitative estimate of drug-likeness (QED) is 0.511. The minimum atomic E-state index is -0.176. The first kappa shape index (κ1) is 24.2. The van der Waals surface area contributed by atoms with E-state index in [0.717, 1.165) is 27.4 Å². The fraction of sp³-hybridized carbons (Fsp3) is 0.308. The van der Waals surface area contributed by atoms with Gasteiger partial charge >= 0.3 is 6.03 Å². The van der Waals surface area contributed by atoms with Crippen molar-refractivity contribution in [3.63, 3.8) is 0 Å². The average molecular weight is 490 g/mol. The van der Waals surface area contributed by atoms with Crippen molar-refractivity contribution in [2.45, 2.75) is 38.8 Å². The summed E-state index contributed by atoms with van der Waals surface area (Å²) in [4.78, 5) is 32.4. The van der Waals surface area contributed by atoms with Gasteiger partial charge in [-0.05, 0) is 41.7 Å². The number of benzene rings is 1. The molecule has 0 saturated carbocycles. The number of ether oxygens (including phenoxy) is 1. The number of hydrogen-bond acceptors (Lipinski definition) is 6. The second-order valence-corrected chi connectivity index (χ2v) is 9.47. The number of carbonyl (C=O) groups excluding carboxylic acids is 2. The van der Waals surface area contributed by atoms with E-state index in [-0.39, 0.29) is 24.3 Å². The molecular formula is C26H27N5O3S. The second-order valence-electron chi connectivity index (χ2n) is 8.37. The first-order chi connectivity index (χ1) is 17.0. The molecule has 180 valence electrons. The molecule has 0 fully saturated rings. The molecule has 0 radical (unpaired) electrons. The van der Waals surface area contributed by atoms with Crippen molar-refractivity contribution in [1.82, 2.24) is 15.2 Å². The Kier molecular flexibility index (Phi) is 7.63. The van der Waals surface area contributed by atoms with E-state index >= 15 is 0 Å². The number of carbonyl (C=O) groups is 2. The maximum absolute atomic E-state index is 12.8. The van der Waals surface area contributed by atoms with Crippen molar-refractivity contribution in [2.24, 2.45) is 0 Å². The van der Waals surface area contributed by atoms with Gasteiger partial charge in [-0.25, -0.2) is 4.79 Å². The van der Waals surface area contributed by atoms with Crippen LogP contribution >= 0.6 is 11.3 Å². The van der Waals surface area contributed by atoms with Gasteiger partial charge in [-0.1, -0.05) is 31.2 Å². The molecule has 3 heterocycles. The van der Waals surface area contributed by atoms with Crippen LogP contribution in [0.15, 0.2) is 48.7 Å². The van der Waals surface area contributed by atoms with Crippen LogP contribution in [-0.4, -0.2) is 35.5 Å². The Morgan fingerprint density at radius 3 is 2.80 bits per heavy atom. The van der Waals surface area contributed by atoms with E-state index in [9.17, 15) is 14.9 Å². The predicted octanol–water partition coefficient (Wildman–Crippen LogP) is 4.42. The molecule has 1 aliphatic heterocycles. The van der Waals surface area contributed by atoms with E-state index < -0.39 is 0 Å². The van der Waals surface area contributed by atoms with Crippen LogP contribution < -0.4 is 15.4 Å². The maximum atomic E-state index is 12.8. The van der Waals surface area contributed by atoms with Gasteiger partial charge < -0.3 is 20.3 Å². The highest BCUT2D eigenvalue weighted by Gasteiger charge is 2.28. The lowest BCUT2D eigenvalue weighted by Gasteiger charge is -2.27. The lowest BCUT2D eigenvalue weighted by molar-refractivity contribution is -0.116. The third kappa shape index (κ3) is 5.61. The zero-order valence-corrected chi connectivity index (χ0v) is 20.5. The smallest absolute Gasteiger partial charge is 0.318 e. The van der Waals surface area contributed by atoms with Gasteiger partial charge in [0.15, 0.2) is 0 Å². The average Bonchev–Trinajstić information content (AvgIpc) is 3.23. The second kappa shape index (κ2) is 11.0. The van der Waals surface area contributed by atoms with Crippen molar-refractivity contribution in [1.29, 1.82) is 5.26 Å². The number of fused-ring (bicyclic) bond motifs is 1. The number of pyridine rings is 1. The van der Waals surface area contributed by atoms with Crippen molar-refractivity contribution in [2.75, 3.05) is 19.0 Å². The first-order valence-corrected chi connectivity index (χ1v) is 12.2. The number of nitrogens with one attached hydrogen (secondary N) is 2. The molecular weight excluding hydrogens is 462 g/mol. The van der Waals surface area contributed by atoms with Crippen LogP contribution in [0.2, 0.25) is 0 Å². The lowest BCUT2D eigenvalue weighted by Crippen LogP contribution is -2.42. The summed E-state index contributed by atoms with van der Waals surface area (Å²) in [5, 5.41) is 16.2. The predicted molar refractivity (Wildman–Crippen MR) is 134 cm³/mol. The molecule has 4 rings (SSSR count). The standard InChI is InChI=1S/C26H27N5O3S/c1-17(19-8-3-4-9-22(19)34-2)13-24(32)30-25-21(14-27)20-10-12-31(16-23(20)35-25)26(33)29-15-18-7-5-6-11-28-18/h3-9,11,17H,10,12-13,15-16H2,1-2H3,(H,29,33)(H,30,32). The molecule has 3 amide bonds. The first-order valence-electron chi connectivity index (χ1n) is 11.4. The van der Waals surface area contributed by atoms with Crippen LogP contribution in [-0.2, 0) is 24.3 Å². The van der Waals surface area contributed by atoms with E-state index in [1.54, 1.807) is 18.2 Å². The van der Waals surface area contributed by atoms with Crippen molar-refractivity contribution < 1.29 is 14.3 Å². The molecule has 35 heavy (non-hydrogen) atoms. The number of urea groups is 1. The SMILES string of the molecule is COc1ccccc1C(C)CC(=O)Nc1sc2c(c1C#N)CCN(C(=O)NCc1ccccn1)C2. The number of methoxy groups -OCH3 is 1. The Labute approximate surface area is 208 Å². The minimum Gasteiger partial charge on any atom is -0.496 e. The fourth-order valence-corrected chi connectivity index (χ4v) is 5.43. The maximum Gasteiger partial charge on any atom is 0.318 e. The fourth-order valence-electron chi connectivity index (χ4n) is 4.20. The number of amides is 3. The Hall–Kier alpha value is -3.90. The third-order valence-electron chi connectivity index (χ3n) is 6.02. The summed E-state index contributed by atoms with van der Waals surface area (Å²) >= 11 is 1.37. The molecule has 1 unspecified atom stereocenters. The van der Waals surface area contributed by atoms with Gasteiger partial charge in [0.1, 0.15) is 16.8 Å². The van der Waals surface area contributed by atoms with Crippen LogP contribution in [0.1, 0.15) is 46.5 Å². The summed E-state index contributed by atoms with van der Waals surface area (Å²) in [6.07, 6.45) is 2.52. The molecule has 0 bridgehead atoms. The largest absolute Gasteiger partial charge is 0.496 e. The molecule has 0 spiro atoms. The molecule has 2 N–H and O–H groups in total. The number of para-hydroxylation sites is 1. The molecule has 3 aromatic rings. The molecule has 2 aromatic heterocycles. The van der Waals surface area contributed by atoms with Crippen LogP contribution in [0.4, 0.5) is 9.80 Å². The van der Waals surface area contributed by atoms with Gasteiger partial charge in [0.25, 0.3) is 0 Å². The number of hydrogen-bond donors (Lipinski definition) is 2. The summed E-state index contributed by atoms with van der Waals surface area (Å²) in [5.74, 6) is 0.534. The minimum absolute atomic E-state index is 0.0513. The van der Waals surface area contributed by atoms with Crippen molar-refractivity contribution >= 4 is 28.3 Å². The van der Waals surface area contributed by atoms with Gasteiger partial charge in [0.2, 0.25) is 5.91 Å². The zero-order valence-electron chi connectivity index (χ0n) is 19.7. The van der Waals surface area contributed by atoms with Crippen molar-refractivity contribution in [3.8, 4) is 11.8 Å². The van der Waals surface area contributed by atoms with Crippen LogP contribution in [0.25, 0.3) is 0 Å². The lowest BCUT2D eigenvalue weighted by atomic mass is 9.96. The molecule has 9 heteroatoms. The number of thiophene rings is 1. The van der Waals surface area contributed by atoms with E-state index in [0.29, 0.717) is 36.6 Å². The van der Waals surface area contributed by atoms with Crippen LogP contribution in [0, 0.1) is 11.3 Å². The van der Waals surface area contributed by atoms with Gasteiger partial charge in [-0.15, -0.1) is 11.3 Å². The summed E-state index contributed by atoms with van der Waals surface area (Å²) in [6, 6.07) is 15.3. The Balaban J connectivity index is 1.40. The number of rotatable bonds is 7. The number of anilines is 1. The zero-order chi connectivity index (χ0) is 24.8. The summed E-state index contributed by atoms with van der Waals surface area (Å²) in [7, 11) is 1.61. The molecule has 1 atom stereocenters. The molecule has 1 aromatic carbocycles. The Morgan fingerprint density at radius 2 is 2.06 bits per heavy atom. The number of nitrogens with zero attached hydrogens (tertiary/aromatic N) is 3. The van der Waals surface area contributed by atoms with E-state index in [4.69, 9.17) is 4.74 Å². The Morgan fingerprint density at radius 1 is 1.26 bits per heavy atom.